The maximum absolute atomic E-state index is 12.4. The van der Waals surface area contributed by atoms with Gasteiger partial charge in [0.15, 0.2) is 5.60 Å². The first-order valence-electron chi connectivity index (χ1n) is 7.65. The van der Waals surface area contributed by atoms with E-state index >= 15 is 0 Å². The number of benzene rings is 1. The Morgan fingerprint density at radius 1 is 1.24 bits per heavy atom. The van der Waals surface area contributed by atoms with E-state index in [1.165, 1.54) is 17.9 Å². The van der Waals surface area contributed by atoms with E-state index in [4.69, 9.17) is 28.3 Å². The average molecular weight is 389 g/mol. The van der Waals surface area contributed by atoms with Gasteiger partial charge in [0, 0.05) is 25.9 Å². The Bertz CT molecular complexity index is 702. The number of carboxylic acids is 1. The van der Waals surface area contributed by atoms with Crippen molar-refractivity contribution in [1.82, 2.24) is 10.2 Å². The second-order valence-corrected chi connectivity index (χ2v) is 6.74. The molecule has 0 aliphatic carbocycles. The third-order valence-corrected chi connectivity index (χ3v) is 5.03. The van der Waals surface area contributed by atoms with Gasteiger partial charge in [-0.05, 0) is 19.1 Å². The summed E-state index contributed by atoms with van der Waals surface area (Å²) in [6.07, 6.45) is -0.121. The van der Waals surface area contributed by atoms with Crippen LogP contribution in [-0.2, 0) is 9.59 Å². The lowest BCUT2D eigenvalue weighted by atomic mass is 9.91. The molecule has 1 atom stereocenters. The fourth-order valence-electron chi connectivity index (χ4n) is 2.60. The van der Waals surface area contributed by atoms with E-state index in [2.05, 4.69) is 5.32 Å². The number of aliphatic carboxylic acids is 1. The van der Waals surface area contributed by atoms with Crippen LogP contribution in [0.2, 0.25) is 10.0 Å². The molecule has 1 aromatic rings. The summed E-state index contributed by atoms with van der Waals surface area (Å²) in [7, 11) is 0. The molecule has 7 nitrogen and oxygen atoms in total. The number of amides is 2. The van der Waals surface area contributed by atoms with Crippen LogP contribution in [0.1, 0.15) is 30.1 Å². The van der Waals surface area contributed by atoms with Gasteiger partial charge in [-0.3, -0.25) is 9.59 Å². The number of aliphatic hydroxyl groups is 1. The van der Waals surface area contributed by atoms with Crippen molar-refractivity contribution in [2.24, 2.45) is 0 Å². The van der Waals surface area contributed by atoms with E-state index in [1.807, 2.05) is 0 Å². The number of hydrogen-bond donors (Lipinski definition) is 3. The van der Waals surface area contributed by atoms with Crippen LogP contribution in [0.15, 0.2) is 18.2 Å². The number of rotatable bonds is 4. The highest BCUT2D eigenvalue weighted by Gasteiger charge is 2.41. The molecule has 0 spiro atoms. The van der Waals surface area contributed by atoms with E-state index < -0.39 is 23.5 Å². The van der Waals surface area contributed by atoms with Crippen LogP contribution in [-0.4, -0.2) is 57.6 Å². The summed E-state index contributed by atoms with van der Waals surface area (Å²) >= 11 is 11.9. The standard InChI is InChI=1S/C16H18Cl2N2O5/c1-9(19-13(21)10-3-2-4-11(17)12(10)18)14(22)20-7-5-16(25,6-8-20)15(23)24/h2-4,9,25H,5-8H2,1H3,(H,19,21)(H,23,24). The third kappa shape index (κ3) is 4.23. The average Bonchev–Trinajstić information content (AvgIpc) is 2.57. The van der Waals surface area contributed by atoms with Gasteiger partial charge in [-0.25, -0.2) is 4.79 Å². The molecule has 2 rings (SSSR count). The summed E-state index contributed by atoms with van der Waals surface area (Å²) in [5.74, 6) is -2.19. The molecule has 2 amide bonds. The molecular formula is C16H18Cl2N2O5. The fourth-order valence-corrected chi connectivity index (χ4v) is 2.99. The van der Waals surface area contributed by atoms with Crippen LogP contribution < -0.4 is 5.32 Å². The van der Waals surface area contributed by atoms with Crippen LogP contribution in [0.5, 0.6) is 0 Å². The Balaban J connectivity index is 1.98. The number of carbonyl (C=O) groups is 3. The van der Waals surface area contributed by atoms with E-state index in [0.717, 1.165) is 0 Å². The van der Waals surface area contributed by atoms with Crippen molar-refractivity contribution in [1.29, 1.82) is 0 Å². The SMILES string of the molecule is CC(NC(=O)c1cccc(Cl)c1Cl)C(=O)N1CCC(O)(C(=O)O)CC1. The summed E-state index contributed by atoms with van der Waals surface area (Å²) in [6.45, 7) is 1.72. The molecule has 0 radical (unpaired) electrons. The smallest absolute Gasteiger partial charge is 0.335 e. The van der Waals surface area contributed by atoms with Gasteiger partial charge in [-0.1, -0.05) is 29.3 Å². The lowest BCUT2D eigenvalue weighted by molar-refractivity contribution is -0.165. The first-order valence-corrected chi connectivity index (χ1v) is 8.41. The number of halogens is 2. The summed E-state index contributed by atoms with van der Waals surface area (Å²) in [4.78, 5) is 37.1. The lowest BCUT2D eigenvalue weighted by Gasteiger charge is -2.36. The summed E-state index contributed by atoms with van der Waals surface area (Å²) in [5.41, 5.74) is -1.65. The predicted molar refractivity (Wildman–Crippen MR) is 91.8 cm³/mol. The first kappa shape index (κ1) is 19.5. The Hall–Kier alpha value is -1.83. The quantitative estimate of drug-likeness (QED) is 0.725. The minimum Gasteiger partial charge on any atom is -0.479 e. The maximum Gasteiger partial charge on any atom is 0.335 e. The number of nitrogens with one attached hydrogen (secondary N) is 1. The topological polar surface area (TPSA) is 107 Å². The molecule has 1 aliphatic rings. The van der Waals surface area contributed by atoms with Crippen LogP contribution in [0.25, 0.3) is 0 Å². The number of carboxylic acid groups (broad SMARTS) is 1. The van der Waals surface area contributed by atoms with Crippen molar-refractivity contribution in [3.63, 3.8) is 0 Å². The van der Waals surface area contributed by atoms with Crippen molar-refractivity contribution in [2.45, 2.75) is 31.4 Å². The van der Waals surface area contributed by atoms with Gasteiger partial charge in [0.2, 0.25) is 5.91 Å². The fraction of sp³-hybridized carbons (Fsp3) is 0.438. The Morgan fingerprint density at radius 2 is 1.84 bits per heavy atom. The van der Waals surface area contributed by atoms with Crippen molar-refractivity contribution in [2.75, 3.05) is 13.1 Å². The number of hydrogen-bond acceptors (Lipinski definition) is 4. The van der Waals surface area contributed by atoms with Crippen molar-refractivity contribution in [3.05, 3.63) is 33.8 Å². The monoisotopic (exact) mass is 388 g/mol. The molecule has 0 bridgehead atoms. The second kappa shape index (κ2) is 7.59. The number of nitrogens with zero attached hydrogens (tertiary/aromatic N) is 1. The van der Waals surface area contributed by atoms with Gasteiger partial charge in [0.05, 0.1) is 15.6 Å². The third-order valence-electron chi connectivity index (χ3n) is 4.21. The minimum absolute atomic E-state index is 0.0607. The van der Waals surface area contributed by atoms with Crippen molar-refractivity contribution < 1.29 is 24.6 Å². The molecule has 25 heavy (non-hydrogen) atoms. The van der Waals surface area contributed by atoms with Gasteiger partial charge in [-0.15, -0.1) is 0 Å². The zero-order valence-corrected chi connectivity index (χ0v) is 15.0. The first-order chi connectivity index (χ1) is 11.7. The summed E-state index contributed by atoms with van der Waals surface area (Å²) in [5, 5.41) is 21.8. The minimum atomic E-state index is -1.81. The van der Waals surface area contributed by atoms with E-state index in [-0.39, 0.29) is 47.4 Å². The van der Waals surface area contributed by atoms with E-state index in [0.29, 0.717) is 0 Å². The van der Waals surface area contributed by atoms with Gasteiger partial charge < -0.3 is 20.4 Å². The normalized spacial score (nSPS) is 17.7. The molecule has 1 aliphatic heterocycles. The van der Waals surface area contributed by atoms with Crippen LogP contribution in [0.3, 0.4) is 0 Å². The van der Waals surface area contributed by atoms with Crippen LogP contribution in [0.4, 0.5) is 0 Å². The summed E-state index contributed by atoms with van der Waals surface area (Å²) < 4.78 is 0. The molecule has 0 saturated carbocycles. The van der Waals surface area contributed by atoms with Crippen LogP contribution >= 0.6 is 23.2 Å². The number of likely N-dealkylation sites (tertiary alicyclic amines) is 1. The molecular weight excluding hydrogens is 371 g/mol. The molecule has 1 aromatic carbocycles. The zero-order valence-electron chi connectivity index (χ0n) is 13.5. The molecule has 1 heterocycles. The lowest BCUT2D eigenvalue weighted by Crippen LogP contribution is -2.54. The molecule has 1 fully saturated rings. The Labute approximate surface area is 154 Å². The highest BCUT2D eigenvalue weighted by Crippen LogP contribution is 2.26. The molecule has 1 saturated heterocycles. The van der Waals surface area contributed by atoms with Crippen molar-refractivity contribution in [3.8, 4) is 0 Å². The van der Waals surface area contributed by atoms with E-state index in [1.54, 1.807) is 12.1 Å². The highest BCUT2D eigenvalue weighted by molar-refractivity contribution is 6.43. The van der Waals surface area contributed by atoms with E-state index in [9.17, 15) is 19.5 Å². The molecule has 0 aromatic heterocycles. The predicted octanol–water partition coefficient (Wildman–Crippen LogP) is 1.55. The largest absolute Gasteiger partial charge is 0.479 e. The van der Waals surface area contributed by atoms with Gasteiger partial charge >= 0.3 is 5.97 Å². The highest BCUT2D eigenvalue weighted by atomic mass is 35.5. The van der Waals surface area contributed by atoms with Crippen LogP contribution in [0, 0.1) is 0 Å². The Kier molecular flexibility index (Phi) is 5.92. The van der Waals surface area contributed by atoms with Gasteiger partial charge in [0.25, 0.3) is 5.91 Å². The van der Waals surface area contributed by atoms with Gasteiger partial charge in [-0.2, -0.15) is 0 Å². The molecule has 3 N–H and O–H groups in total. The number of piperidine rings is 1. The maximum atomic E-state index is 12.4. The zero-order chi connectivity index (χ0) is 18.8. The van der Waals surface area contributed by atoms with Crippen molar-refractivity contribution >= 4 is 41.0 Å². The second-order valence-electron chi connectivity index (χ2n) is 5.96. The molecule has 9 heteroatoms. The summed E-state index contributed by atoms with van der Waals surface area (Å²) in [6, 6.07) is 3.78. The van der Waals surface area contributed by atoms with Gasteiger partial charge in [0.1, 0.15) is 6.04 Å². The number of carbonyl (C=O) groups excluding carboxylic acids is 2. The molecule has 1 unspecified atom stereocenters. The molecule has 136 valence electrons. The Morgan fingerprint density at radius 3 is 2.40 bits per heavy atom.